The number of sulfonamides is 1. The third-order valence-corrected chi connectivity index (χ3v) is 9.42. The van der Waals surface area contributed by atoms with Crippen molar-refractivity contribution >= 4 is 25.8 Å². The van der Waals surface area contributed by atoms with Gasteiger partial charge in [-0.15, -0.1) is 0 Å². The molecule has 2 saturated heterocycles. The molecule has 11 heteroatoms. The normalized spacial score (nSPS) is 24.9. The van der Waals surface area contributed by atoms with Crippen LogP contribution in [0.1, 0.15) is 25.7 Å². The lowest BCUT2D eigenvalue weighted by atomic mass is 9.97. The van der Waals surface area contributed by atoms with Crippen molar-refractivity contribution < 1.29 is 31.1 Å². The van der Waals surface area contributed by atoms with Gasteiger partial charge in [-0.1, -0.05) is 0 Å². The van der Waals surface area contributed by atoms with Crippen molar-refractivity contribution in [2.24, 2.45) is 5.92 Å². The molecule has 3 aliphatic rings. The van der Waals surface area contributed by atoms with Gasteiger partial charge in [-0.05, 0) is 31.4 Å². The smallest absolute Gasteiger partial charge is 0.243 e. The molecule has 0 aromatic heterocycles. The van der Waals surface area contributed by atoms with Gasteiger partial charge in [0.15, 0.2) is 21.3 Å². The van der Waals surface area contributed by atoms with Crippen molar-refractivity contribution in [1.29, 1.82) is 0 Å². The Labute approximate surface area is 176 Å². The predicted octanol–water partition coefficient (Wildman–Crippen LogP) is 0.552. The lowest BCUT2D eigenvalue weighted by Gasteiger charge is -2.31. The van der Waals surface area contributed by atoms with Crippen LogP contribution in [0.3, 0.4) is 0 Å². The molecule has 2 fully saturated rings. The molecule has 0 radical (unpaired) electrons. The van der Waals surface area contributed by atoms with Crippen LogP contribution >= 0.6 is 0 Å². The zero-order valence-electron chi connectivity index (χ0n) is 16.6. The largest absolute Gasteiger partial charge is 0.490 e. The summed E-state index contributed by atoms with van der Waals surface area (Å²) >= 11 is 0. The van der Waals surface area contributed by atoms with Crippen LogP contribution in [0.15, 0.2) is 23.1 Å². The highest BCUT2D eigenvalue weighted by molar-refractivity contribution is 7.91. The van der Waals surface area contributed by atoms with Gasteiger partial charge >= 0.3 is 0 Å². The Hall–Kier alpha value is -1.85. The van der Waals surface area contributed by atoms with Gasteiger partial charge < -0.3 is 14.8 Å². The zero-order chi connectivity index (χ0) is 21.4. The molecule has 4 rings (SSSR count). The van der Waals surface area contributed by atoms with Crippen molar-refractivity contribution in [3.05, 3.63) is 18.2 Å². The molecule has 166 valence electrons. The molecule has 1 aromatic rings. The SMILES string of the molecule is O=C(NC1CCS(=O)(=O)C1)C1CCN(S(=O)(=O)c2ccc3c(c2)OCCCO3)CC1. The molecule has 0 spiro atoms. The topological polar surface area (TPSA) is 119 Å². The number of nitrogens with zero attached hydrogens (tertiary/aromatic N) is 1. The highest BCUT2D eigenvalue weighted by Gasteiger charge is 2.35. The molecule has 1 amide bonds. The van der Waals surface area contributed by atoms with Crippen LogP contribution in [-0.2, 0) is 24.7 Å². The zero-order valence-corrected chi connectivity index (χ0v) is 18.2. The monoisotopic (exact) mass is 458 g/mol. The number of carbonyl (C=O) groups excluding carboxylic acids is 1. The molecule has 1 aromatic carbocycles. The average Bonchev–Trinajstić information content (AvgIpc) is 2.91. The summed E-state index contributed by atoms with van der Waals surface area (Å²) in [7, 11) is -6.77. The molecule has 3 heterocycles. The highest BCUT2D eigenvalue weighted by Crippen LogP contribution is 2.33. The molecule has 0 aliphatic carbocycles. The van der Waals surface area contributed by atoms with Crippen molar-refractivity contribution in [2.75, 3.05) is 37.8 Å². The molecular formula is C19H26N2O7S2. The van der Waals surface area contributed by atoms with Crippen molar-refractivity contribution in [2.45, 2.75) is 36.6 Å². The standard InChI is InChI=1S/C19H26N2O7S2/c22-19(20-15-6-11-29(23,24)13-15)14-4-7-21(8-5-14)30(25,26)16-2-3-17-18(12-16)28-10-1-9-27-17/h2-3,12,14-15H,1,4-11,13H2,(H,20,22). The first kappa shape index (κ1) is 21.4. The first-order valence-corrected chi connectivity index (χ1v) is 13.4. The lowest BCUT2D eigenvalue weighted by Crippen LogP contribution is -2.45. The minimum absolute atomic E-state index is 0.0178. The van der Waals surface area contributed by atoms with Crippen molar-refractivity contribution in [3.63, 3.8) is 0 Å². The fourth-order valence-corrected chi connectivity index (χ4v) is 7.20. The van der Waals surface area contributed by atoms with Gasteiger partial charge in [0.05, 0.1) is 29.6 Å². The average molecular weight is 459 g/mol. The van der Waals surface area contributed by atoms with E-state index < -0.39 is 19.9 Å². The van der Waals surface area contributed by atoms with Crippen LogP contribution in [-0.4, -0.2) is 70.9 Å². The Balaban J connectivity index is 1.37. The third-order valence-electron chi connectivity index (χ3n) is 5.76. The second kappa shape index (κ2) is 8.35. The molecule has 9 nitrogen and oxygen atoms in total. The van der Waals surface area contributed by atoms with E-state index in [1.54, 1.807) is 6.07 Å². The first-order chi connectivity index (χ1) is 14.2. The fraction of sp³-hybridized carbons (Fsp3) is 0.632. The molecule has 30 heavy (non-hydrogen) atoms. The molecule has 1 atom stereocenters. The Morgan fingerprint density at radius 3 is 2.43 bits per heavy atom. The number of amides is 1. The minimum Gasteiger partial charge on any atom is -0.490 e. The second-order valence-electron chi connectivity index (χ2n) is 7.95. The van der Waals surface area contributed by atoms with Gasteiger partial charge in [-0.2, -0.15) is 4.31 Å². The molecule has 3 aliphatic heterocycles. The van der Waals surface area contributed by atoms with Crippen LogP contribution in [0.2, 0.25) is 0 Å². The summed E-state index contributed by atoms with van der Waals surface area (Å²) in [5.74, 6) is 0.540. The third kappa shape index (κ3) is 4.57. The number of nitrogens with one attached hydrogen (secondary N) is 1. The molecule has 0 bridgehead atoms. The van der Waals surface area contributed by atoms with E-state index in [9.17, 15) is 21.6 Å². The maximum absolute atomic E-state index is 13.0. The molecule has 0 saturated carbocycles. The summed E-state index contributed by atoms with van der Waals surface area (Å²) in [4.78, 5) is 12.6. The van der Waals surface area contributed by atoms with Crippen LogP contribution in [0, 0.1) is 5.92 Å². The van der Waals surface area contributed by atoms with Crippen molar-refractivity contribution in [1.82, 2.24) is 9.62 Å². The van der Waals surface area contributed by atoms with Gasteiger partial charge in [0, 0.05) is 37.5 Å². The number of fused-ring (bicyclic) bond motifs is 1. The second-order valence-corrected chi connectivity index (χ2v) is 12.1. The summed E-state index contributed by atoms with van der Waals surface area (Å²) in [5.41, 5.74) is 0. The molecule has 1 N–H and O–H groups in total. The van der Waals surface area contributed by atoms with Crippen molar-refractivity contribution in [3.8, 4) is 11.5 Å². The van der Waals surface area contributed by atoms with E-state index in [1.807, 2.05) is 0 Å². The van der Waals surface area contributed by atoms with E-state index in [1.165, 1.54) is 16.4 Å². The summed E-state index contributed by atoms with van der Waals surface area (Å²) in [6.45, 7) is 1.47. The number of rotatable bonds is 4. The van der Waals surface area contributed by atoms with Crippen LogP contribution < -0.4 is 14.8 Å². The summed E-state index contributed by atoms with van der Waals surface area (Å²) in [5, 5.41) is 2.81. The van der Waals surface area contributed by atoms with Gasteiger partial charge in [0.25, 0.3) is 0 Å². The minimum atomic E-state index is -3.71. The fourth-order valence-electron chi connectivity index (χ4n) is 4.04. The number of hydrogen-bond acceptors (Lipinski definition) is 7. The highest BCUT2D eigenvalue weighted by atomic mass is 32.2. The summed E-state index contributed by atoms with van der Waals surface area (Å²) < 4.78 is 61.7. The Kier molecular flexibility index (Phi) is 5.95. The van der Waals surface area contributed by atoms with Gasteiger partial charge in [-0.25, -0.2) is 16.8 Å². The van der Waals surface area contributed by atoms with Crippen LogP contribution in [0.4, 0.5) is 0 Å². The van der Waals surface area contributed by atoms with Crippen LogP contribution in [0.5, 0.6) is 11.5 Å². The van der Waals surface area contributed by atoms with E-state index in [0.717, 1.165) is 6.42 Å². The van der Waals surface area contributed by atoms with Gasteiger partial charge in [0.1, 0.15) is 0 Å². The number of benzene rings is 1. The summed E-state index contributed by atoms with van der Waals surface area (Å²) in [6.07, 6.45) is 1.97. The number of sulfone groups is 1. The van der Waals surface area contributed by atoms with Gasteiger partial charge in [0.2, 0.25) is 15.9 Å². The summed E-state index contributed by atoms with van der Waals surface area (Å²) in [6, 6.07) is 4.28. The van der Waals surface area contributed by atoms with E-state index in [4.69, 9.17) is 9.47 Å². The number of hydrogen-bond donors (Lipinski definition) is 1. The van der Waals surface area contributed by atoms with Crippen LogP contribution in [0.25, 0.3) is 0 Å². The molecule has 1 unspecified atom stereocenters. The van der Waals surface area contributed by atoms with E-state index in [-0.39, 0.29) is 47.4 Å². The van der Waals surface area contributed by atoms with E-state index >= 15 is 0 Å². The number of carbonyl (C=O) groups is 1. The number of ether oxygens (including phenoxy) is 2. The first-order valence-electron chi connectivity index (χ1n) is 10.2. The Morgan fingerprint density at radius 1 is 1.07 bits per heavy atom. The Bertz CT molecular complexity index is 1020. The lowest BCUT2D eigenvalue weighted by molar-refractivity contribution is -0.126. The maximum Gasteiger partial charge on any atom is 0.243 e. The predicted molar refractivity (Wildman–Crippen MR) is 109 cm³/mol. The Morgan fingerprint density at radius 2 is 1.77 bits per heavy atom. The maximum atomic E-state index is 13.0. The van der Waals surface area contributed by atoms with E-state index in [2.05, 4.69) is 5.32 Å². The quantitative estimate of drug-likeness (QED) is 0.700. The number of piperidine rings is 1. The van der Waals surface area contributed by atoms with E-state index in [0.29, 0.717) is 44.0 Å². The molecular weight excluding hydrogens is 432 g/mol. The van der Waals surface area contributed by atoms with Gasteiger partial charge in [-0.3, -0.25) is 4.79 Å².